The lowest BCUT2D eigenvalue weighted by Crippen LogP contribution is -2.29. The number of pyridine rings is 1. The lowest BCUT2D eigenvalue weighted by molar-refractivity contribution is -0.137. The summed E-state index contributed by atoms with van der Waals surface area (Å²) in [5.41, 5.74) is 2.32. The van der Waals surface area contributed by atoms with E-state index in [0.29, 0.717) is 16.7 Å². The highest BCUT2D eigenvalue weighted by Crippen LogP contribution is 2.44. The average Bonchev–Trinajstić information content (AvgIpc) is 3.08. The lowest BCUT2D eigenvalue weighted by atomic mass is 9.84. The third-order valence-corrected chi connectivity index (χ3v) is 4.81. The van der Waals surface area contributed by atoms with E-state index >= 15 is 0 Å². The maximum Gasteiger partial charge on any atom is 0.417 e. The molecule has 0 fully saturated rings. The molecule has 142 valence electrons. The fourth-order valence-electron chi connectivity index (χ4n) is 3.41. The summed E-state index contributed by atoms with van der Waals surface area (Å²) in [6, 6.07) is 5.44. The third kappa shape index (κ3) is 3.71. The number of nitrogens with zero attached hydrogens (tertiary/aromatic N) is 1. The number of halogens is 4. The second kappa shape index (κ2) is 7.11. The molecule has 1 amide bonds. The highest BCUT2D eigenvalue weighted by atomic mass is 19.4. The molecule has 0 saturated heterocycles. The first-order chi connectivity index (χ1) is 12.7. The van der Waals surface area contributed by atoms with E-state index in [1.807, 2.05) is 0 Å². The van der Waals surface area contributed by atoms with Gasteiger partial charge in [-0.05, 0) is 47.7 Å². The molecule has 2 atom stereocenters. The van der Waals surface area contributed by atoms with Crippen LogP contribution in [0.5, 0.6) is 0 Å². The zero-order valence-electron chi connectivity index (χ0n) is 14.2. The Bertz CT molecular complexity index is 909. The summed E-state index contributed by atoms with van der Waals surface area (Å²) < 4.78 is 52.8. The monoisotopic (exact) mass is 380 g/mol. The van der Waals surface area contributed by atoms with Crippen LogP contribution in [0.15, 0.2) is 42.7 Å². The van der Waals surface area contributed by atoms with E-state index < -0.39 is 35.3 Å². The first-order valence-corrected chi connectivity index (χ1v) is 8.14. The van der Waals surface area contributed by atoms with Crippen LogP contribution in [0.1, 0.15) is 34.6 Å². The number of allylic oxidation sites excluding steroid dienone is 1. The molecule has 2 N–H and O–H groups in total. The molecule has 4 nitrogen and oxygen atoms in total. The molecule has 1 aliphatic carbocycles. The minimum atomic E-state index is -4.54. The molecular weight excluding hydrogens is 364 g/mol. The first kappa shape index (κ1) is 19.0. The van der Waals surface area contributed by atoms with Crippen molar-refractivity contribution in [1.82, 2.24) is 10.5 Å². The predicted molar refractivity (Wildman–Crippen MR) is 89.1 cm³/mol. The molecule has 1 aromatic carbocycles. The van der Waals surface area contributed by atoms with Crippen molar-refractivity contribution in [3.05, 3.63) is 70.8 Å². The van der Waals surface area contributed by atoms with E-state index in [1.54, 1.807) is 18.5 Å². The fraction of sp³-hybridized carbons (Fsp3) is 0.263. The Kier molecular flexibility index (Phi) is 5.01. The van der Waals surface area contributed by atoms with Crippen LogP contribution in [0, 0.1) is 18.7 Å². The molecule has 8 heteroatoms. The zero-order chi connectivity index (χ0) is 19.8. The smallest absolute Gasteiger partial charge is 0.289 e. The van der Waals surface area contributed by atoms with Crippen molar-refractivity contribution < 1.29 is 27.6 Å². The number of amides is 1. The van der Waals surface area contributed by atoms with E-state index in [2.05, 4.69) is 4.98 Å². The molecule has 27 heavy (non-hydrogen) atoms. The van der Waals surface area contributed by atoms with Crippen LogP contribution < -0.4 is 5.48 Å². The Labute approximate surface area is 152 Å². The summed E-state index contributed by atoms with van der Waals surface area (Å²) in [4.78, 5) is 15.7. The summed E-state index contributed by atoms with van der Waals surface area (Å²) in [5, 5.41) is 9.03. The highest BCUT2D eigenvalue weighted by molar-refractivity contribution is 5.86. The number of carbonyl (C=O) groups is 1. The number of nitrogens with one attached hydrogen (secondary N) is 1. The Morgan fingerprint density at radius 1 is 1.30 bits per heavy atom. The van der Waals surface area contributed by atoms with Gasteiger partial charge < -0.3 is 0 Å². The van der Waals surface area contributed by atoms with Crippen molar-refractivity contribution in [3.63, 3.8) is 0 Å². The van der Waals surface area contributed by atoms with Gasteiger partial charge in [-0.15, -0.1) is 0 Å². The van der Waals surface area contributed by atoms with Crippen LogP contribution in [0.2, 0.25) is 0 Å². The predicted octanol–water partition coefficient (Wildman–Crippen LogP) is 4.24. The van der Waals surface area contributed by atoms with Crippen molar-refractivity contribution in [3.8, 4) is 0 Å². The second-order valence-corrected chi connectivity index (χ2v) is 6.42. The van der Waals surface area contributed by atoms with E-state index in [9.17, 15) is 22.4 Å². The van der Waals surface area contributed by atoms with Crippen LogP contribution in [-0.4, -0.2) is 16.1 Å². The van der Waals surface area contributed by atoms with E-state index in [-0.39, 0.29) is 12.0 Å². The number of benzene rings is 1. The van der Waals surface area contributed by atoms with Crippen LogP contribution in [0.3, 0.4) is 0 Å². The van der Waals surface area contributed by atoms with Gasteiger partial charge in [0.2, 0.25) is 0 Å². The molecular formula is C19H16F4N2O2. The minimum Gasteiger partial charge on any atom is -0.289 e. The number of alkyl halides is 3. The largest absolute Gasteiger partial charge is 0.417 e. The highest BCUT2D eigenvalue weighted by Gasteiger charge is 2.37. The van der Waals surface area contributed by atoms with Crippen LogP contribution >= 0.6 is 0 Å². The van der Waals surface area contributed by atoms with Crippen molar-refractivity contribution >= 4 is 11.5 Å². The molecule has 2 aromatic rings. The summed E-state index contributed by atoms with van der Waals surface area (Å²) in [6.45, 7) is 1.57. The fourth-order valence-corrected chi connectivity index (χ4v) is 3.41. The molecule has 1 aliphatic rings. The van der Waals surface area contributed by atoms with Crippen molar-refractivity contribution in [2.75, 3.05) is 0 Å². The van der Waals surface area contributed by atoms with Crippen LogP contribution in [0.25, 0.3) is 5.57 Å². The maximum absolute atomic E-state index is 13.9. The van der Waals surface area contributed by atoms with Crippen molar-refractivity contribution in [2.45, 2.75) is 25.4 Å². The van der Waals surface area contributed by atoms with Gasteiger partial charge in [-0.1, -0.05) is 18.2 Å². The molecule has 1 heterocycles. The molecule has 0 aliphatic heterocycles. The van der Waals surface area contributed by atoms with Gasteiger partial charge in [0.15, 0.2) is 0 Å². The van der Waals surface area contributed by atoms with Gasteiger partial charge in [-0.2, -0.15) is 13.2 Å². The Balaban J connectivity index is 2.02. The number of aromatic nitrogens is 1. The maximum atomic E-state index is 13.9. The topological polar surface area (TPSA) is 62.2 Å². The normalized spacial score (nSPS) is 19.7. The quantitative estimate of drug-likeness (QED) is 0.476. The Morgan fingerprint density at radius 3 is 2.70 bits per heavy atom. The average molecular weight is 380 g/mol. The Hall–Kier alpha value is -2.74. The van der Waals surface area contributed by atoms with Gasteiger partial charge >= 0.3 is 6.18 Å². The van der Waals surface area contributed by atoms with Crippen molar-refractivity contribution in [1.29, 1.82) is 0 Å². The molecule has 3 rings (SSSR count). The van der Waals surface area contributed by atoms with Gasteiger partial charge in [0.1, 0.15) is 5.82 Å². The molecule has 0 spiro atoms. The van der Waals surface area contributed by atoms with E-state index in [4.69, 9.17) is 5.21 Å². The van der Waals surface area contributed by atoms with Crippen LogP contribution in [-0.2, 0) is 11.0 Å². The minimum absolute atomic E-state index is 0.214. The zero-order valence-corrected chi connectivity index (χ0v) is 14.2. The summed E-state index contributed by atoms with van der Waals surface area (Å²) in [6.07, 6.45) is -0.813. The van der Waals surface area contributed by atoms with Gasteiger partial charge in [-0.25, -0.2) is 9.87 Å². The summed E-state index contributed by atoms with van der Waals surface area (Å²) >= 11 is 0. The number of rotatable bonds is 3. The number of hydrogen-bond acceptors (Lipinski definition) is 3. The van der Waals surface area contributed by atoms with E-state index in [1.165, 1.54) is 24.4 Å². The van der Waals surface area contributed by atoms with Gasteiger partial charge in [0.05, 0.1) is 11.5 Å². The standard InChI is InChI=1S/C19H16F4N2O2/c1-10-14(3-2-4-17(10)20)15-6-11(7-16(15)18(26)25-27)12-5-13(9-24-8-12)19(21,22)23/h2-5,7-9,15-16,27H,6H2,1H3,(H,25,26). The Morgan fingerprint density at radius 2 is 2.04 bits per heavy atom. The molecule has 2 unspecified atom stereocenters. The van der Waals surface area contributed by atoms with E-state index in [0.717, 1.165) is 12.3 Å². The molecule has 0 radical (unpaired) electrons. The lowest BCUT2D eigenvalue weighted by Gasteiger charge is -2.20. The van der Waals surface area contributed by atoms with Crippen molar-refractivity contribution in [2.24, 2.45) is 5.92 Å². The van der Waals surface area contributed by atoms with Crippen LogP contribution in [0.4, 0.5) is 17.6 Å². The number of hydroxylamine groups is 1. The van der Waals surface area contributed by atoms with Gasteiger partial charge in [0, 0.05) is 18.3 Å². The second-order valence-electron chi connectivity index (χ2n) is 6.42. The molecule has 0 bridgehead atoms. The van der Waals surface area contributed by atoms with Gasteiger partial charge in [-0.3, -0.25) is 15.0 Å². The summed E-state index contributed by atoms with van der Waals surface area (Å²) in [7, 11) is 0. The van der Waals surface area contributed by atoms with Gasteiger partial charge in [0.25, 0.3) is 5.91 Å². The number of carbonyl (C=O) groups excluding carboxylic acids is 1. The SMILES string of the molecule is Cc1c(F)cccc1C1CC(c2cncc(C(F)(F)F)c2)=CC1C(=O)NO. The molecule has 1 aromatic heterocycles. The first-order valence-electron chi connectivity index (χ1n) is 8.14. The molecule has 0 saturated carbocycles. The third-order valence-electron chi connectivity index (χ3n) is 4.81. The summed E-state index contributed by atoms with van der Waals surface area (Å²) in [5.74, 6) is -2.51. The number of hydrogen-bond donors (Lipinski definition) is 2.